The molecular weight excluding hydrogens is 416 g/mol. The van der Waals surface area contributed by atoms with Crippen molar-refractivity contribution in [2.45, 2.75) is 19.1 Å². The molecule has 8 heteroatoms. The summed E-state index contributed by atoms with van der Waals surface area (Å²) in [5.41, 5.74) is 2.17. The van der Waals surface area contributed by atoms with Crippen LogP contribution in [0.2, 0.25) is 0 Å². The molecule has 0 saturated carbocycles. The number of nitrogens with zero attached hydrogens (tertiary/aromatic N) is 2. The fourth-order valence-corrected chi connectivity index (χ4v) is 3.66. The molecule has 1 aromatic heterocycles. The number of benzene rings is 2. The first-order valence-electron chi connectivity index (χ1n) is 10.5. The van der Waals surface area contributed by atoms with Gasteiger partial charge in [-0.05, 0) is 34.8 Å². The van der Waals surface area contributed by atoms with Crippen LogP contribution in [0.1, 0.15) is 17.5 Å². The second-order valence-electron chi connectivity index (χ2n) is 7.70. The number of hydrogen-bond acceptors (Lipinski definition) is 6. The van der Waals surface area contributed by atoms with Crippen LogP contribution in [0.25, 0.3) is 5.57 Å². The van der Waals surface area contributed by atoms with E-state index in [-0.39, 0.29) is 30.3 Å². The number of anilines is 1. The van der Waals surface area contributed by atoms with Crippen molar-refractivity contribution in [1.29, 1.82) is 0 Å². The SMILES string of the molecule is OC(CNc1cc(F)c(C2=CCN(Cc3ccccc3)CC2)c(F)c1)COc1ccon1. The van der Waals surface area contributed by atoms with Crippen LogP contribution in [0.15, 0.2) is 65.4 Å². The Morgan fingerprint density at radius 3 is 2.59 bits per heavy atom. The van der Waals surface area contributed by atoms with E-state index in [9.17, 15) is 13.9 Å². The standard InChI is InChI=1S/C24H25F2N3O3/c25-21-12-19(27-14-20(30)16-31-23-8-11-32-28-23)13-22(26)24(21)18-6-9-29(10-7-18)15-17-4-2-1-3-5-17/h1-6,8,11-13,20,27,30H,7,9-10,14-16H2. The molecule has 6 nitrogen and oxygen atoms in total. The van der Waals surface area contributed by atoms with E-state index in [4.69, 9.17) is 4.74 Å². The monoisotopic (exact) mass is 441 g/mol. The lowest BCUT2D eigenvalue weighted by Gasteiger charge is -2.27. The molecule has 2 N–H and O–H groups in total. The minimum Gasteiger partial charge on any atom is -0.473 e. The minimum atomic E-state index is -0.894. The first-order valence-corrected chi connectivity index (χ1v) is 10.5. The molecule has 32 heavy (non-hydrogen) atoms. The molecule has 4 rings (SSSR count). The van der Waals surface area contributed by atoms with Crippen LogP contribution in [0, 0.1) is 11.6 Å². The van der Waals surface area contributed by atoms with Crippen molar-refractivity contribution in [2.24, 2.45) is 0 Å². The number of aromatic nitrogens is 1. The normalized spacial score (nSPS) is 15.3. The highest BCUT2D eigenvalue weighted by molar-refractivity contribution is 5.69. The van der Waals surface area contributed by atoms with E-state index in [2.05, 4.69) is 32.0 Å². The Bertz CT molecular complexity index is 1020. The van der Waals surface area contributed by atoms with Crippen LogP contribution >= 0.6 is 0 Å². The average molecular weight is 441 g/mol. The predicted molar refractivity (Wildman–Crippen MR) is 117 cm³/mol. The van der Waals surface area contributed by atoms with Crippen molar-refractivity contribution >= 4 is 11.3 Å². The minimum absolute atomic E-state index is 0.0184. The van der Waals surface area contributed by atoms with Gasteiger partial charge in [-0.1, -0.05) is 36.4 Å². The highest BCUT2D eigenvalue weighted by Gasteiger charge is 2.20. The number of halogens is 2. The van der Waals surface area contributed by atoms with Crippen LogP contribution in [-0.2, 0) is 6.54 Å². The number of aliphatic hydroxyl groups excluding tert-OH is 1. The molecule has 168 valence electrons. The highest BCUT2D eigenvalue weighted by Crippen LogP contribution is 2.30. The molecule has 1 unspecified atom stereocenters. The van der Waals surface area contributed by atoms with Crippen molar-refractivity contribution < 1.29 is 23.1 Å². The van der Waals surface area contributed by atoms with Crippen molar-refractivity contribution in [1.82, 2.24) is 10.1 Å². The molecule has 0 amide bonds. The molecule has 3 aromatic rings. The third kappa shape index (κ3) is 5.72. The van der Waals surface area contributed by atoms with E-state index in [1.54, 1.807) is 0 Å². The molecule has 0 bridgehead atoms. The molecule has 1 aliphatic rings. The molecule has 2 aromatic carbocycles. The van der Waals surface area contributed by atoms with Crippen LogP contribution < -0.4 is 10.1 Å². The van der Waals surface area contributed by atoms with E-state index in [1.807, 2.05) is 24.3 Å². The molecule has 0 fully saturated rings. The van der Waals surface area contributed by atoms with Gasteiger partial charge in [0, 0.05) is 43.5 Å². The Morgan fingerprint density at radius 2 is 1.94 bits per heavy atom. The van der Waals surface area contributed by atoms with Gasteiger partial charge in [-0.15, -0.1) is 0 Å². The lowest BCUT2D eigenvalue weighted by atomic mass is 9.97. The molecular formula is C24H25F2N3O3. The van der Waals surface area contributed by atoms with Crippen LogP contribution in [0.3, 0.4) is 0 Å². The fourth-order valence-electron chi connectivity index (χ4n) is 3.66. The first kappa shape index (κ1) is 22.0. The lowest BCUT2D eigenvalue weighted by molar-refractivity contribution is 0.112. The summed E-state index contributed by atoms with van der Waals surface area (Å²) >= 11 is 0. The molecule has 0 saturated heterocycles. The van der Waals surface area contributed by atoms with Gasteiger partial charge < -0.3 is 19.7 Å². The summed E-state index contributed by atoms with van der Waals surface area (Å²) in [6.45, 7) is 2.21. The number of aliphatic hydroxyl groups is 1. The Morgan fingerprint density at radius 1 is 1.16 bits per heavy atom. The Kier molecular flexibility index (Phi) is 7.14. The smallest absolute Gasteiger partial charge is 0.254 e. The summed E-state index contributed by atoms with van der Waals surface area (Å²) in [6.07, 6.45) is 2.93. The Balaban J connectivity index is 1.33. The number of hydrogen-bond donors (Lipinski definition) is 2. The first-order chi connectivity index (χ1) is 15.6. The maximum Gasteiger partial charge on any atom is 0.254 e. The maximum absolute atomic E-state index is 14.8. The molecule has 0 radical (unpaired) electrons. The van der Waals surface area contributed by atoms with Crippen LogP contribution in [-0.4, -0.2) is 47.5 Å². The van der Waals surface area contributed by atoms with Gasteiger partial charge in [-0.2, -0.15) is 0 Å². The molecule has 0 spiro atoms. The van der Waals surface area contributed by atoms with Gasteiger partial charge in [-0.25, -0.2) is 8.78 Å². The Hall–Kier alpha value is -3.23. The van der Waals surface area contributed by atoms with E-state index in [1.165, 1.54) is 30.0 Å². The van der Waals surface area contributed by atoms with Gasteiger partial charge in [0.15, 0.2) is 0 Å². The maximum atomic E-state index is 14.8. The van der Waals surface area contributed by atoms with E-state index in [0.717, 1.165) is 13.1 Å². The summed E-state index contributed by atoms with van der Waals surface area (Å²) < 4.78 is 39.4. The van der Waals surface area contributed by atoms with Gasteiger partial charge in [0.2, 0.25) is 0 Å². The largest absolute Gasteiger partial charge is 0.473 e. The van der Waals surface area contributed by atoms with Gasteiger partial charge in [0.25, 0.3) is 5.88 Å². The third-order valence-corrected chi connectivity index (χ3v) is 5.29. The van der Waals surface area contributed by atoms with Crippen molar-refractivity contribution in [3.05, 3.63) is 83.6 Å². The van der Waals surface area contributed by atoms with Gasteiger partial charge in [0.05, 0.1) is 0 Å². The lowest BCUT2D eigenvalue weighted by Crippen LogP contribution is -2.28. The van der Waals surface area contributed by atoms with E-state index >= 15 is 0 Å². The van der Waals surface area contributed by atoms with Crippen molar-refractivity contribution in [2.75, 3.05) is 31.6 Å². The fraction of sp³-hybridized carbons (Fsp3) is 0.292. The second kappa shape index (κ2) is 10.4. The van der Waals surface area contributed by atoms with Crippen LogP contribution in [0.4, 0.5) is 14.5 Å². The van der Waals surface area contributed by atoms with Crippen molar-refractivity contribution in [3.8, 4) is 5.88 Å². The van der Waals surface area contributed by atoms with E-state index in [0.29, 0.717) is 18.5 Å². The predicted octanol–water partition coefficient (Wildman–Crippen LogP) is 4.09. The zero-order valence-corrected chi connectivity index (χ0v) is 17.5. The van der Waals surface area contributed by atoms with Gasteiger partial charge in [0.1, 0.15) is 30.6 Å². The number of nitrogens with one attached hydrogen (secondary N) is 1. The second-order valence-corrected chi connectivity index (χ2v) is 7.70. The Labute approximate surface area is 185 Å². The summed E-state index contributed by atoms with van der Waals surface area (Å²) in [5.74, 6) is -0.985. The molecule has 1 atom stereocenters. The molecule has 2 heterocycles. The van der Waals surface area contributed by atoms with Gasteiger partial charge >= 0.3 is 0 Å². The zero-order valence-electron chi connectivity index (χ0n) is 17.5. The third-order valence-electron chi connectivity index (χ3n) is 5.29. The topological polar surface area (TPSA) is 70.8 Å². The summed E-state index contributed by atoms with van der Waals surface area (Å²) in [5, 5.41) is 16.4. The highest BCUT2D eigenvalue weighted by atomic mass is 19.1. The van der Waals surface area contributed by atoms with Gasteiger partial charge in [-0.3, -0.25) is 4.90 Å². The summed E-state index contributed by atoms with van der Waals surface area (Å²) in [7, 11) is 0. The quantitative estimate of drug-likeness (QED) is 0.521. The van der Waals surface area contributed by atoms with E-state index < -0.39 is 17.7 Å². The zero-order chi connectivity index (χ0) is 22.3. The molecule has 1 aliphatic heterocycles. The number of rotatable bonds is 9. The summed E-state index contributed by atoms with van der Waals surface area (Å²) in [4.78, 5) is 2.24. The van der Waals surface area contributed by atoms with Crippen LogP contribution in [0.5, 0.6) is 5.88 Å². The molecule has 0 aliphatic carbocycles. The van der Waals surface area contributed by atoms with Crippen molar-refractivity contribution in [3.63, 3.8) is 0 Å². The number of ether oxygens (including phenoxy) is 1. The summed E-state index contributed by atoms with van der Waals surface area (Å²) in [6, 6.07) is 14.2. The average Bonchev–Trinajstić information content (AvgIpc) is 3.31.